The molecule has 0 aliphatic heterocycles. The smallest absolute Gasteiger partial charge is 0.225 e. The summed E-state index contributed by atoms with van der Waals surface area (Å²) in [6, 6.07) is 0. The van der Waals surface area contributed by atoms with Crippen LogP contribution < -0.4 is 22.7 Å². The normalized spacial score (nSPS) is 9.86. The van der Waals surface area contributed by atoms with Gasteiger partial charge in [0.1, 0.15) is 11.6 Å². The van der Waals surface area contributed by atoms with Crippen LogP contribution in [0, 0.1) is 6.92 Å². The molecule has 0 saturated heterocycles. The molecule has 0 unspecified atom stereocenters. The maximum absolute atomic E-state index is 9.00. The predicted molar refractivity (Wildman–Crippen MR) is 82.2 cm³/mol. The molecule has 0 atom stereocenters. The van der Waals surface area contributed by atoms with Crippen molar-refractivity contribution in [3.63, 3.8) is 0 Å². The van der Waals surface area contributed by atoms with Gasteiger partial charge in [0.15, 0.2) is 12.2 Å². The highest BCUT2D eigenvalue weighted by Gasteiger charge is 2.17. The molecule has 0 spiro atoms. The van der Waals surface area contributed by atoms with Gasteiger partial charge in [0.05, 0.1) is 10.4 Å². The molecule has 21 heavy (non-hydrogen) atoms. The van der Waals surface area contributed by atoms with Gasteiger partial charge in [0.2, 0.25) is 5.51 Å². The lowest BCUT2D eigenvalue weighted by molar-refractivity contribution is -0.689. The van der Waals surface area contributed by atoms with E-state index in [1.165, 1.54) is 4.88 Å². The van der Waals surface area contributed by atoms with Crippen LogP contribution in [0.25, 0.3) is 0 Å². The van der Waals surface area contributed by atoms with E-state index in [4.69, 9.17) is 10.8 Å². The van der Waals surface area contributed by atoms with Gasteiger partial charge >= 0.3 is 0 Å². The molecule has 0 aliphatic rings. The molecule has 0 radical (unpaired) electrons. The number of halogens is 2. The Hall–Kier alpha value is -0.950. The zero-order chi connectivity index (χ0) is 13.8. The van der Waals surface area contributed by atoms with Gasteiger partial charge in [-0.1, -0.05) is 18.3 Å². The average Bonchev–Trinajstić information content (AvgIpc) is 2.74. The van der Waals surface area contributed by atoms with Crippen LogP contribution >= 0.6 is 23.7 Å². The summed E-state index contributed by atoms with van der Waals surface area (Å²) in [6.07, 6.45) is 3.29. The number of aliphatic hydroxyl groups is 1. The van der Waals surface area contributed by atoms with Crippen LogP contribution in [-0.2, 0) is 19.4 Å². The van der Waals surface area contributed by atoms with Gasteiger partial charge in [0.25, 0.3) is 0 Å². The number of hydrogen-bond acceptors (Lipinski definition) is 5. The van der Waals surface area contributed by atoms with E-state index in [2.05, 4.69) is 21.5 Å². The SMILES string of the molecule is CCc1ncc(C[n+]2csc(CCO)c2C)c(N)n1.Cl.[Cl-]. The number of thiazole rings is 1. The fourth-order valence-electron chi connectivity index (χ4n) is 1.88. The Morgan fingerprint density at radius 2 is 2.14 bits per heavy atom. The van der Waals surface area contributed by atoms with Gasteiger partial charge < -0.3 is 23.2 Å². The summed E-state index contributed by atoms with van der Waals surface area (Å²) in [5.41, 5.74) is 10.1. The van der Waals surface area contributed by atoms with Gasteiger partial charge in [-0.2, -0.15) is 4.57 Å². The van der Waals surface area contributed by atoms with E-state index in [9.17, 15) is 0 Å². The quantitative estimate of drug-likeness (QED) is 0.629. The molecule has 118 valence electrons. The summed E-state index contributed by atoms with van der Waals surface area (Å²) in [7, 11) is 0. The van der Waals surface area contributed by atoms with Crippen molar-refractivity contribution in [1.82, 2.24) is 9.97 Å². The van der Waals surface area contributed by atoms with Crippen LogP contribution in [0.4, 0.5) is 5.82 Å². The van der Waals surface area contributed by atoms with Crippen LogP contribution in [0.3, 0.4) is 0 Å². The van der Waals surface area contributed by atoms with Crippen molar-refractivity contribution >= 4 is 29.6 Å². The minimum absolute atomic E-state index is 0. The Morgan fingerprint density at radius 3 is 2.71 bits per heavy atom. The van der Waals surface area contributed by atoms with Gasteiger partial charge in [-0.15, -0.1) is 12.4 Å². The van der Waals surface area contributed by atoms with Crippen molar-refractivity contribution in [2.24, 2.45) is 0 Å². The van der Waals surface area contributed by atoms with E-state index >= 15 is 0 Å². The number of hydrogen-bond donors (Lipinski definition) is 2. The minimum atomic E-state index is 0. The highest BCUT2D eigenvalue weighted by Crippen LogP contribution is 2.13. The number of nitrogens with zero attached hydrogens (tertiary/aromatic N) is 3. The van der Waals surface area contributed by atoms with E-state index in [0.717, 1.165) is 23.5 Å². The standard InChI is InChI=1S/C13H19N4OS.2ClH/c1-3-12-15-6-10(13(14)16-12)7-17-8-19-11(4-5-18)9(17)2;;/h6,8,18H,3-5,7H2,1-2H3,(H2,14,15,16);2*1H/q+1;;/p-1. The molecular formula is C13H20Cl2N4OS. The van der Waals surface area contributed by atoms with Gasteiger partial charge in [-0.05, 0) is 0 Å². The van der Waals surface area contributed by atoms with Crippen molar-refractivity contribution < 1.29 is 22.1 Å². The highest BCUT2D eigenvalue weighted by molar-refractivity contribution is 7.09. The summed E-state index contributed by atoms with van der Waals surface area (Å²) < 4.78 is 2.12. The second kappa shape index (κ2) is 9.15. The Morgan fingerprint density at radius 1 is 1.43 bits per heavy atom. The topological polar surface area (TPSA) is 75.9 Å². The Labute approximate surface area is 141 Å². The van der Waals surface area contributed by atoms with Gasteiger partial charge in [-0.25, -0.2) is 9.97 Å². The molecule has 0 aliphatic carbocycles. The Bertz CT molecular complexity index is 577. The summed E-state index contributed by atoms with van der Waals surface area (Å²) in [6.45, 7) is 4.91. The number of anilines is 1. The molecule has 2 aromatic rings. The number of aryl methyl sites for hydroxylation is 1. The molecule has 2 aromatic heterocycles. The van der Waals surface area contributed by atoms with E-state index in [-0.39, 0.29) is 31.4 Å². The molecule has 0 aromatic carbocycles. The zero-order valence-corrected chi connectivity index (χ0v) is 14.4. The fourth-order valence-corrected chi connectivity index (χ4v) is 2.87. The predicted octanol–water partition coefficient (Wildman–Crippen LogP) is -1.71. The van der Waals surface area contributed by atoms with Crippen molar-refractivity contribution in [3.05, 3.63) is 33.7 Å². The third-order valence-corrected chi connectivity index (χ3v) is 4.24. The second-order valence-electron chi connectivity index (χ2n) is 4.38. The molecule has 2 rings (SSSR count). The molecular weight excluding hydrogens is 331 g/mol. The number of nitrogen functional groups attached to an aromatic ring is 1. The van der Waals surface area contributed by atoms with Crippen LogP contribution in [0.5, 0.6) is 0 Å². The summed E-state index contributed by atoms with van der Waals surface area (Å²) in [5.74, 6) is 1.32. The molecule has 0 saturated carbocycles. The number of rotatable bonds is 5. The number of aromatic nitrogens is 3. The number of nitrogens with two attached hydrogens (primary N) is 1. The first-order valence-corrected chi connectivity index (χ1v) is 7.21. The monoisotopic (exact) mass is 350 g/mol. The van der Waals surface area contributed by atoms with E-state index in [1.807, 2.05) is 12.4 Å². The molecule has 0 bridgehead atoms. The minimum Gasteiger partial charge on any atom is -1.00 e. The molecule has 0 fully saturated rings. The van der Waals surface area contributed by atoms with Crippen LogP contribution in [-0.4, -0.2) is 21.7 Å². The molecule has 5 nitrogen and oxygen atoms in total. The molecule has 2 heterocycles. The van der Waals surface area contributed by atoms with Crippen LogP contribution in [0.1, 0.15) is 28.9 Å². The molecule has 8 heteroatoms. The maximum atomic E-state index is 9.00. The summed E-state index contributed by atoms with van der Waals surface area (Å²) >= 11 is 1.65. The third kappa shape index (κ3) is 4.78. The highest BCUT2D eigenvalue weighted by atomic mass is 35.5. The lowest BCUT2D eigenvalue weighted by Gasteiger charge is -2.03. The third-order valence-electron chi connectivity index (χ3n) is 3.10. The summed E-state index contributed by atoms with van der Waals surface area (Å²) in [4.78, 5) is 9.76. The Balaban J connectivity index is 0.00000200. The van der Waals surface area contributed by atoms with Crippen LogP contribution in [0.15, 0.2) is 11.7 Å². The number of aliphatic hydroxyl groups excluding tert-OH is 1. The molecule has 3 N–H and O–H groups in total. The lowest BCUT2D eigenvalue weighted by atomic mass is 10.2. The zero-order valence-electron chi connectivity index (χ0n) is 12.0. The first kappa shape index (κ1) is 20.1. The van der Waals surface area contributed by atoms with Gasteiger partial charge in [-0.3, -0.25) is 0 Å². The average molecular weight is 351 g/mol. The van der Waals surface area contributed by atoms with E-state index in [0.29, 0.717) is 18.8 Å². The van der Waals surface area contributed by atoms with Crippen molar-refractivity contribution in [3.8, 4) is 0 Å². The van der Waals surface area contributed by atoms with E-state index in [1.54, 1.807) is 17.5 Å². The van der Waals surface area contributed by atoms with Crippen molar-refractivity contribution in [2.75, 3.05) is 12.3 Å². The Kier molecular flexibility index (Phi) is 8.73. The second-order valence-corrected chi connectivity index (χ2v) is 5.32. The fraction of sp³-hybridized carbons (Fsp3) is 0.462. The largest absolute Gasteiger partial charge is 1.00 e. The maximum Gasteiger partial charge on any atom is 0.225 e. The first-order chi connectivity index (χ1) is 9.15. The first-order valence-electron chi connectivity index (χ1n) is 6.33. The molecule has 0 amide bonds. The van der Waals surface area contributed by atoms with Crippen molar-refractivity contribution in [2.45, 2.75) is 33.2 Å². The summed E-state index contributed by atoms with van der Waals surface area (Å²) in [5, 5.41) is 9.00. The van der Waals surface area contributed by atoms with Crippen LogP contribution in [0.2, 0.25) is 0 Å². The van der Waals surface area contributed by atoms with E-state index < -0.39 is 0 Å². The lowest BCUT2D eigenvalue weighted by Crippen LogP contribution is -3.00. The van der Waals surface area contributed by atoms with Gasteiger partial charge in [0, 0.05) is 32.6 Å². The van der Waals surface area contributed by atoms with Crippen molar-refractivity contribution in [1.29, 1.82) is 0 Å².